The van der Waals surface area contributed by atoms with E-state index in [1.54, 1.807) is 24.3 Å². The van der Waals surface area contributed by atoms with Crippen LogP contribution in [0.5, 0.6) is 5.75 Å². The Hall–Kier alpha value is -3.78. The summed E-state index contributed by atoms with van der Waals surface area (Å²) in [7, 11) is 0. The maximum atomic E-state index is 14.7. The van der Waals surface area contributed by atoms with Crippen LogP contribution in [0.1, 0.15) is 41.9 Å². The largest absolute Gasteiger partial charge is 0.479 e. The number of halogens is 2. The number of nitrogens with one attached hydrogen (secondary N) is 3. The number of para-hydroxylation sites is 1. The Morgan fingerprint density at radius 3 is 2.83 bits per heavy atom. The highest BCUT2D eigenvalue weighted by Crippen LogP contribution is 2.31. The van der Waals surface area contributed by atoms with E-state index < -0.39 is 6.10 Å². The van der Waals surface area contributed by atoms with Crippen molar-refractivity contribution in [2.24, 2.45) is 0 Å². The molecule has 3 atom stereocenters. The number of likely N-dealkylation sites (tertiary alicyclic amines) is 1. The molecule has 4 aromatic rings. The van der Waals surface area contributed by atoms with E-state index in [1.165, 1.54) is 18.2 Å². The summed E-state index contributed by atoms with van der Waals surface area (Å²) in [5.41, 5.74) is 3.00. The number of ether oxygens (including phenoxy) is 1. The van der Waals surface area contributed by atoms with Crippen molar-refractivity contribution in [3.63, 3.8) is 0 Å². The van der Waals surface area contributed by atoms with Gasteiger partial charge in [-0.1, -0.05) is 30.3 Å². The zero-order chi connectivity index (χ0) is 24.6. The van der Waals surface area contributed by atoms with E-state index >= 15 is 0 Å². The van der Waals surface area contributed by atoms with Gasteiger partial charge in [0.05, 0.1) is 0 Å². The second-order valence-corrected chi connectivity index (χ2v) is 9.64. The van der Waals surface area contributed by atoms with E-state index in [9.17, 15) is 13.6 Å². The maximum absolute atomic E-state index is 14.7. The van der Waals surface area contributed by atoms with Crippen LogP contribution in [0.4, 0.5) is 8.78 Å². The van der Waals surface area contributed by atoms with E-state index in [2.05, 4.69) is 9.97 Å². The number of hydrogen-bond donors (Lipinski definition) is 2. The van der Waals surface area contributed by atoms with Gasteiger partial charge in [-0.25, -0.2) is 18.7 Å². The molecule has 0 aliphatic carbocycles. The summed E-state index contributed by atoms with van der Waals surface area (Å²) in [6.07, 6.45) is 1.23. The molecule has 8 heteroatoms. The standard InChI is InChI=1S/C28H26F2N4O2/c29-19-11-12-22-23(14-19)32-28(31-22)24-9-5-13-34(24)27(35)17-33-15-18-6-1-4-10-25(18)36-26(16-33)20-7-2-3-8-21(20)30/h1-4,6-8,10-12,14,24,26H,5,9,13,15-17H2,(H,31,32)/p+2/t24-,26+/m1/s1. The molecule has 184 valence electrons. The zero-order valence-electron chi connectivity index (χ0n) is 19.8. The van der Waals surface area contributed by atoms with Crippen LogP contribution in [-0.4, -0.2) is 35.4 Å². The molecule has 3 N–H and O–H groups in total. The first-order valence-electron chi connectivity index (χ1n) is 12.4. The van der Waals surface area contributed by atoms with E-state index in [4.69, 9.17) is 4.74 Å². The van der Waals surface area contributed by atoms with Crippen molar-refractivity contribution in [1.29, 1.82) is 0 Å². The molecule has 1 aromatic heterocycles. The monoisotopic (exact) mass is 490 g/mol. The highest BCUT2D eigenvalue weighted by atomic mass is 19.1. The molecular weight excluding hydrogens is 462 g/mol. The van der Waals surface area contributed by atoms with Crippen molar-refractivity contribution in [2.75, 3.05) is 19.6 Å². The SMILES string of the molecule is O=C(C[NH+]1Cc2ccccc2O[C@H](c2ccccc2F)C1)N1CCC[C@@H]1c1[nH]c2cc(F)ccc2[nH+]1. The molecular formula is C28H28F2N4O2+2. The lowest BCUT2D eigenvalue weighted by atomic mass is 10.1. The number of H-pyrrole nitrogens is 2. The van der Waals surface area contributed by atoms with Gasteiger partial charge in [0.2, 0.25) is 0 Å². The van der Waals surface area contributed by atoms with Gasteiger partial charge in [0, 0.05) is 23.7 Å². The molecule has 1 unspecified atom stereocenters. The highest BCUT2D eigenvalue weighted by molar-refractivity contribution is 5.78. The summed E-state index contributed by atoms with van der Waals surface area (Å²) >= 11 is 0. The smallest absolute Gasteiger partial charge is 0.278 e. The topological polar surface area (TPSA) is 63.9 Å². The van der Waals surface area contributed by atoms with Crippen molar-refractivity contribution in [3.8, 4) is 5.75 Å². The number of carbonyl (C=O) groups is 1. The van der Waals surface area contributed by atoms with E-state index in [0.29, 0.717) is 30.7 Å². The summed E-state index contributed by atoms with van der Waals surface area (Å²) in [4.78, 5) is 23.1. The summed E-state index contributed by atoms with van der Waals surface area (Å²) in [5.74, 6) is 0.966. The Balaban J connectivity index is 1.25. The maximum Gasteiger partial charge on any atom is 0.278 e. The molecule has 2 aliphatic rings. The van der Waals surface area contributed by atoms with Gasteiger partial charge in [0.15, 0.2) is 23.7 Å². The third kappa shape index (κ3) is 4.33. The fourth-order valence-corrected chi connectivity index (χ4v) is 5.51. The number of rotatable bonds is 4. The Bertz CT molecular complexity index is 1420. The fourth-order valence-electron chi connectivity index (χ4n) is 5.51. The Morgan fingerprint density at radius 1 is 1.11 bits per heavy atom. The van der Waals surface area contributed by atoms with Gasteiger partial charge in [-0.15, -0.1) is 0 Å². The first kappa shape index (κ1) is 22.7. The normalized spacial score (nSPS) is 21.7. The molecule has 0 bridgehead atoms. The van der Waals surface area contributed by atoms with E-state index in [-0.39, 0.29) is 30.1 Å². The number of imidazole rings is 1. The Morgan fingerprint density at radius 2 is 1.94 bits per heavy atom. The molecule has 36 heavy (non-hydrogen) atoms. The molecule has 3 aromatic carbocycles. The number of fused-ring (bicyclic) bond motifs is 2. The first-order chi connectivity index (χ1) is 17.5. The number of hydrogen-bond acceptors (Lipinski definition) is 2. The predicted octanol–water partition coefficient (Wildman–Crippen LogP) is 3.14. The number of aromatic amines is 2. The lowest BCUT2D eigenvalue weighted by Gasteiger charge is -2.25. The van der Waals surface area contributed by atoms with Crippen LogP contribution in [0.25, 0.3) is 11.0 Å². The van der Waals surface area contributed by atoms with Gasteiger partial charge in [-0.2, -0.15) is 0 Å². The number of quaternary nitrogens is 1. The van der Waals surface area contributed by atoms with Crippen molar-refractivity contribution >= 4 is 16.9 Å². The number of nitrogens with zero attached hydrogens (tertiary/aromatic N) is 1. The van der Waals surface area contributed by atoms with Crippen molar-refractivity contribution in [1.82, 2.24) is 9.88 Å². The molecule has 0 spiro atoms. The molecule has 3 heterocycles. The summed E-state index contributed by atoms with van der Waals surface area (Å²) in [6, 6.07) is 18.9. The summed E-state index contributed by atoms with van der Waals surface area (Å²) in [5, 5.41) is 0. The van der Waals surface area contributed by atoms with Crippen molar-refractivity contribution in [3.05, 3.63) is 95.3 Å². The van der Waals surface area contributed by atoms with Crippen molar-refractivity contribution < 1.29 is 28.2 Å². The number of carbonyl (C=O) groups excluding carboxylic acids is 1. The van der Waals surface area contributed by atoms with Crippen molar-refractivity contribution in [2.45, 2.75) is 31.5 Å². The molecule has 1 amide bonds. The van der Waals surface area contributed by atoms with E-state index in [1.807, 2.05) is 29.2 Å². The Kier molecular flexibility index (Phi) is 5.89. The Labute approximate surface area is 207 Å². The summed E-state index contributed by atoms with van der Waals surface area (Å²) < 4.78 is 34.6. The van der Waals surface area contributed by atoms with Crippen LogP contribution in [-0.2, 0) is 11.3 Å². The number of amides is 1. The molecule has 1 fully saturated rings. The molecule has 1 saturated heterocycles. The van der Waals surface area contributed by atoms with Crippen LogP contribution in [0.3, 0.4) is 0 Å². The minimum atomic E-state index is -0.496. The molecule has 6 rings (SSSR count). The molecule has 0 radical (unpaired) electrons. The third-order valence-electron chi connectivity index (χ3n) is 7.24. The number of benzene rings is 3. The fraction of sp³-hybridized carbons (Fsp3) is 0.286. The van der Waals surface area contributed by atoms with Gasteiger partial charge in [-0.05, 0) is 43.2 Å². The van der Waals surface area contributed by atoms with Crippen LogP contribution in [0.15, 0.2) is 66.7 Å². The van der Waals surface area contributed by atoms with Gasteiger partial charge in [0.1, 0.15) is 36.5 Å². The second kappa shape index (κ2) is 9.35. The lowest BCUT2D eigenvalue weighted by molar-refractivity contribution is -0.908. The first-order valence-corrected chi connectivity index (χ1v) is 12.4. The molecule has 6 nitrogen and oxygen atoms in total. The van der Waals surface area contributed by atoms with Gasteiger partial charge in [0.25, 0.3) is 11.7 Å². The second-order valence-electron chi connectivity index (χ2n) is 9.64. The summed E-state index contributed by atoms with van der Waals surface area (Å²) in [6.45, 7) is 2.02. The van der Waals surface area contributed by atoms with Gasteiger partial charge < -0.3 is 14.5 Å². The predicted molar refractivity (Wildman–Crippen MR) is 129 cm³/mol. The zero-order valence-corrected chi connectivity index (χ0v) is 19.8. The van der Waals surface area contributed by atoms with Crippen LogP contribution in [0.2, 0.25) is 0 Å². The van der Waals surface area contributed by atoms with Gasteiger partial charge in [-0.3, -0.25) is 4.79 Å². The van der Waals surface area contributed by atoms with Gasteiger partial charge >= 0.3 is 0 Å². The van der Waals surface area contributed by atoms with Crippen LogP contribution in [0, 0.1) is 11.6 Å². The quantitative estimate of drug-likeness (QED) is 0.462. The minimum absolute atomic E-state index is 0.0393. The highest BCUT2D eigenvalue weighted by Gasteiger charge is 2.38. The lowest BCUT2D eigenvalue weighted by Crippen LogP contribution is -3.12. The average molecular weight is 491 g/mol. The van der Waals surface area contributed by atoms with E-state index in [0.717, 1.165) is 40.4 Å². The average Bonchev–Trinajstić information content (AvgIpc) is 3.47. The third-order valence-corrected chi connectivity index (χ3v) is 7.24. The van der Waals surface area contributed by atoms with Crippen LogP contribution < -0.4 is 14.6 Å². The van der Waals surface area contributed by atoms with Crippen LogP contribution >= 0.6 is 0 Å². The number of aromatic nitrogens is 2. The molecule has 0 saturated carbocycles. The molecule has 2 aliphatic heterocycles. The minimum Gasteiger partial charge on any atom is -0.479 e.